The molecule has 0 N–H and O–H groups in total. The second-order valence-corrected chi connectivity index (χ2v) is 7.61. The van der Waals surface area contributed by atoms with E-state index >= 15 is 0 Å². The number of amides is 1. The molecule has 1 aliphatic carbocycles. The van der Waals surface area contributed by atoms with E-state index in [2.05, 4.69) is 6.07 Å². The summed E-state index contributed by atoms with van der Waals surface area (Å²) in [7, 11) is 0. The van der Waals surface area contributed by atoms with Crippen molar-refractivity contribution in [1.82, 2.24) is 4.90 Å². The fourth-order valence-electron chi connectivity index (χ4n) is 2.58. The molecule has 7 heteroatoms. The predicted molar refractivity (Wildman–Crippen MR) is 82.0 cm³/mol. The van der Waals surface area contributed by atoms with Gasteiger partial charge in [0.25, 0.3) is 0 Å². The Kier molecular flexibility index (Phi) is 5.22. The molecule has 2 rings (SSSR count). The lowest BCUT2D eigenvalue weighted by molar-refractivity contribution is -0.154. The van der Waals surface area contributed by atoms with Gasteiger partial charge in [-0.15, -0.1) is 11.8 Å². The Morgan fingerprint density at radius 2 is 2.05 bits per heavy atom. The summed E-state index contributed by atoms with van der Waals surface area (Å²) in [6.45, 7) is 5.37. The van der Waals surface area contributed by atoms with Crippen molar-refractivity contribution in [3.63, 3.8) is 0 Å². The second-order valence-electron chi connectivity index (χ2n) is 6.61. The number of nitriles is 1. The van der Waals surface area contributed by atoms with Gasteiger partial charge in [-0.05, 0) is 40.0 Å². The van der Waals surface area contributed by atoms with Crippen molar-refractivity contribution in [2.75, 3.05) is 11.6 Å². The SMILES string of the molecule is CC(C)(C)OC(=O)N1CSC[C@@H]1C(=O)O[C@@H]1CCC[C@H]1C#N. The second kappa shape index (κ2) is 6.78. The molecule has 0 radical (unpaired) electrons. The van der Waals surface area contributed by atoms with Gasteiger partial charge in [-0.1, -0.05) is 0 Å². The first kappa shape index (κ1) is 16.9. The Bertz CT molecular complexity index is 483. The van der Waals surface area contributed by atoms with Crippen molar-refractivity contribution in [2.24, 2.45) is 5.92 Å². The highest BCUT2D eigenvalue weighted by molar-refractivity contribution is 7.99. The first-order valence-corrected chi connectivity index (χ1v) is 8.65. The van der Waals surface area contributed by atoms with Crippen LogP contribution in [0.25, 0.3) is 0 Å². The number of hydrogen-bond acceptors (Lipinski definition) is 6. The summed E-state index contributed by atoms with van der Waals surface area (Å²) in [6, 6.07) is 1.56. The molecule has 122 valence electrons. The number of carbonyl (C=O) groups is 2. The number of thioether (sulfide) groups is 1. The van der Waals surface area contributed by atoms with Crippen LogP contribution >= 0.6 is 11.8 Å². The predicted octanol–water partition coefficient (Wildman–Crippen LogP) is 2.53. The van der Waals surface area contributed by atoms with Crippen LogP contribution in [-0.2, 0) is 14.3 Å². The molecule has 0 aromatic carbocycles. The monoisotopic (exact) mass is 326 g/mol. The summed E-state index contributed by atoms with van der Waals surface area (Å²) in [5.74, 6) is 0.263. The number of ether oxygens (including phenoxy) is 2. The molecule has 2 aliphatic rings. The molecule has 0 aromatic rings. The summed E-state index contributed by atoms with van der Waals surface area (Å²) in [5.41, 5.74) is -0.601. The quantitative estimate of drug-likeness (QED) is 0.726. The first-order chi connectivity index (χ1) is 10.3. The minimum atomic E-state index is -0.625. The number of rotatable bonds is 2. The zero-order chi connectivity index (χ0) is 16.3. The molecule has 1 saturated carbocycles. The van der Waals surface area contributed by atoms with Crippen molar-refractivity contribution in [1.29, 1.82) is 5.26 Å². The number of nitrogens with zero attached hydrogens (tertiary/aromatic N) is 2. The molecule has 22 heavy (non-hydrogen) atoms. The lowest BCUT2D eigenvalue weighted by Crippen LogP contribution is -2.46. The van der Waals surface area contributed by atoms with Crippen molar-refractivity contribution < 1.29 is 19.1 Å². The van der Waals surface area contributed by atoms with Gasteiger partial charge in [0.05, 0.1) is 17.9 Å². The van der Waals surface area contributed by atoms with Gasteiger partial charge in [-0.25, -0.2) is 9.59 Å². The molecule has 1 heterocycles. The number of esters is 1. The largest absolute Gasteiger partial charge is 0.459 e. The van der Waals surface area contributed by atoms with Gasteiger partial charge >= 0.3 is 12.1 Å². The molecule has 0 bridgehead atoms. The Balaban J connectivity index is 1.96. The van der Waals surface area contributed by atoms with Crippen LogP contribution in [0, 0.1) is 17.2 Å². The minimum absolute atomic E-state index is 0.229. The third kappa shape index (κ3) is 4.07. The van der Waals surface area contributed by atoms with E-state index in [1.807, 2.05) is 0 Å². The first-order valence-electron chi connectivity index (χ1n) is 7.49. The fourth-order valence-corrected chi connectivity index (χ4v) is 3.71. The van der Waals surface area contributed by atoms with Gasteiger partial charge in [0, 0.05) is 5.75 Å². The molecule has 1 saturated heterocycles. The van der Waals surface area contributed by atoms with E-state index < -0.39 is 23.7 Å². The number of carbonyl (C=O) groups excluding carboxylic acids is 2. The Labute approximate surface area is 135 Å². The molecule has 3 atom stereocenters. The highest BCUT2D eigenvalue weighted by atomic mass is 32.2. The minimum Gasteiger partial charge on any atom is -0.459 e. The van der Waals surface area contributed by atoms with Crippen LogP contribution in [0.4, 0.5) is 4.79 Å². The highest BCUT2D eigenvalue weighted by Gasteiger charge is 2.40. The summed E-state index contributed by atoms with van der Waals surface area (Å²) in [5, 5.41) is 9.05. The Morgan fingerprint density at radius 3 is 2.68 bits per heavy atom. The van der Waals surface area contributed by atoms with E-state index in [0.29, 0.717) is 11.6 Å². The van der Waals surface area contributed by atoms with E-state index in [0.717, 1.165) is 19.3 Å². The van der Waals surface area contributed by atoms with Crippen LogP contribution in [0.15, 0.2) is 0 Å². The topological polar surface area (TPSA) is 79.6 Å². The van der Waals surface area contributed by atoms with Gasteiger partial charge in [-0.2, -0.15) is 5.26 Å². The van der Waals surface area contributed by atoms with Gasteiger partial charge < -0.3 is 9.47 Å². The van der Waals surface area contributed by atoms with E-state index in [-0.39, 0.29) is 12.0 Å². The zero-order valence-electron chi connectivity index (χ0n) is 13.2. The van der Waals surface area contributed by atoms with Gasteiger partial charge in [0.1, 0.15) is 17.7 Å². The van der Waals surface area contributed by atoms with Gasteiger partial charge in [0.2, 0.25) is 0 Å². The van der Waals surface area contributed by atoms with Gasteiger partial charge in [-0.3, -0.25) is 4.90 Å². The smallest absolute Gasteiger partial charge is 0.411 e. The normalized spacial score (nSPS) is 28.3. The van der Waals surface area contributed by atoms with Crippen LogP contribution in [0.3, 0.4) is 0 Å². The van der Waals surface area contributed by atoms with Crippen molar-refractivity contribution in [3.8, 4) is 6.07 Å². The van der Waals surface area contributed by atoms with E-state index in [9.17, 15) is 9.59 Å². The van der Waals surface area contributed by atoms with Crippen LogP contribution in [0.1, 0.15) is 40.0 Å². The maximum atomic E-state index is 12.3. The molecule has 0 spiro atoms. The van der Waals surface area contributed by atoms with Crippen LogP contribution in [-0.4, -0.2) is 46.3 Å². The molecule has 2 fully saturated rings. The van der Waals surface area contributed by atoms with Crippen molar-refractivity contribution in [3.05, 3.63) is 0 Å². The summed E-state index contributed by atoms with van der Waals surface area (Å²) in [6.07, 6.45) is 1.54. The molecule has 1 amide bonds. The molecule has 6 nitrogen and oxygen atoms in total. The molecule has 1 aliphatic heterocycles. The molecular weight excluding hydrogens is 304 g/mol. The highest BCUT2D eigenvalue weighted by Crippen LogP contribution is 2.30. The average molecular weight is 326 g/mol. The van der Waals surface area contributed by atoms with E-state index in [1.165, 1.54) is 16.7 Å². The average Bonchev–Trinajstić information content (AvgIpc) is 3.04. The molecule has 0 unspecified atom stereocenters. The summed E-state index contributed by atoms with van der Waals surface area (Å²) in [4.78, 5) is 25.9. The number of hydrogen-bond donors (Lipinski definition) is 0. The summed E-state index contributed by atoms with van der Waals surface area (Å²) < 4.78 is 10.8. The Hall–Kier alpha value is -1.42. The maximum Gasteiger partial charge on any atom is 0.411 e. The third-order valence-electron chi connectivity index (χ3n) is 3.67. The van der Waals surface area contributed by atoms with Crippen LogP contribution in [0.2, 0.25) is 0 Å². The van der Waals surface area contributed by atoms with Crippen molar-refractivity contribution >= 4 is 23.8 Å². The maximum absolute atomic E-state index is 12.3. The van der Waals surface area contributed by atoms with E-state index in [1.54, 1.807) is 20.8 Å². The fraction of sp³-hybridized carbons (Fsp3) is 0.800. The lowest BCUT2D eigenvalue weighted by atomic mass is 10.1. The van der Waals surface area contributed by atoms with Gasteiger partial charge in [0.15, 0.2) is 0 Å². The van der Waals surface area contributed by atoms with Crippen molar-refractivity contribution in [2.45, 2.75) is 57.8 Å². The summed E-state index contributed by atoms with van der Waals surface area (Å²) >= 11 is 1.50. The zero-order valence-corrected chi connectivity index (χ0v) is 14.0. The van der Waals surface area contributed by atoms with Crippen LogP contribution < -0.4 is 0 Å². The molecule has 0 aromatic heterocycles. The third-order valence-corrected chi connectivity index (χ3v) is 4.68. The Morgan fingerprint density at radius 1 is 1.32 bits per heavy atom. The van der Waals surface area contributed by atoms with E-state index in [4.69, 9.17) is 14.7 Å². The lowest BCUT2D eigenvalue weighted by Gasteiger charge is -2.27. The van der Waals surface area contributed by atoms with Crippen LogP contribution in [0.5, 0.6) is 0 Å². The molecular formula is C15H22N2O4S. The standard InChI is InChI=1S/C15H22N2O4S/c1-15(2,3)21-14(19)17-9-22-8-11(17)13(18)20-12-6-4-5-10(12)7-16/h10-12H,4-6,8-9H2,1-3H3/t10-,11+,12+/m0/s1.